The first-order chi connectivity index (χ1) is 18.3. The molecule has 4 aromatic rings. The number of ether oxygens (including phenoxy) is 1. The van der Waals surface area contributed by atoms with Gasteiger partial charge in [-0.3, -0.25) is 4.79 Å². The monoisotopic (exact) mass is 542 g/mol. The number of hydrogen-bond acceptors (Lipinski definition) is 6. The average Bonchev–Trinajstić information content (AvgIpc) is 2.87. The summed E-state index contributed by atoms with van der Waals surface area (Å²) in [6.45, 7) is 3.37. The number of carbonyl (C=O) groups is 1. The van der Waals surface area contributed by atoms with Crippen LogP contribution >= 0.6 is 0 Å². The second-order valence-corrected chi connectivity index (χ2v) is 9.59. The van der Waals surface area contributed by atoms with Crippen LogP contribution in [-0.4, -0.2) is 46.0 Å². The van der Waals surface area contributed by atoms with Crippen LogP contribution in [0.25, 0.3) is 22.2 Å². The number of benzene rings is 2. The fraction of sp³-hybridized carbons (Fsp3) is 0.286. The van der Waals surface area contributed by atoms with Crippen molar-refractivity contribution in [2.45, 2.75) is 38.5 Å². The van der Waals surface area contributed by atoms with Crippen LogP contribution in [0.15, 0.2) is 54.6 Å². The minimum Gasteiger partial charge on any atom is -0.494 e. The first kappa shape index (κ1) is 27.9. The number of nitrogens with one attached hydrogen (secondary N) is 1. The molecule has 1 unspecified atom stereocenters. The summed E-state index contributed by atoms with van der Waals surface area (Å²) in [4.78, 5) is 17.0. The van der Waals surface area contributed by atoms with Gasteiger partial charge in [-0.25, -0.2) is 9.37 Å². The minimum absolute atomic E-state index is 0.0573. The average molecular weight is 543 g/mol. The SMILES string of the molecule is COc1cc(C(=O)NCC(c2cc(C(C)(C)O)c(F)c(-c3ccccc3)n2)C(F)(F)F)cc2cc(C)nnc12. The van der Waals surface area contributed by atoms with Crippen molar-refractivity contribution < 1.29 is 32.2 Å². The van der Waals surface area contributed by atoms with Crippen LogP contribution in [0.3, 0.4) is 0 Å². The van der Waals surface area contributed by atoms with E-state index in [4.69, 9.17) is 4.74 Å². The number of aryl methyl sites for hydroxylation is 1. The fourth-order valence-electron chi connectivity index (χ4n) is 4.16. The van der Waals surface area contributed by atoms with Gasteiger partial charge in [0.05, 0.1) is 24.1 Å². The molecule has 2 heterocycles. The predicted octanol–water partition coefficient (Wildman–Crippen LogP) is 5.45. The quantitative estimate of drug-likeness (QED) is 0.302. The summed E-state index contributed by atoms with van der Waals surface area (Å²) >= 11 is 0. The summed E-state index contributed by atoms with van der Waals surface area (Å²) in [6.07, 6.45) is -4.85. The molecule has 0 spiro atoms. The second-order valence-electron chi connectivity index (χ2n) is 9.59. The molecular weight excluding hydrogens is 516 g/mol. The van der Waals surface area contributed by atoms with E-state index >= 15 is 4.39 Å². The van der Waals surface area contributed by atoms with Gasteiger partial charge in [0, 0.05) is 28.6 Å². The third kappa shape index (κ3) is 5.98. The number of aliphatic hydroxyl groups is 1. The maximum absolute atomic E-state index is 15.4. The van der Waals surface area contributed by atoms with Crippen molar-refractivity contribution >= 4 is 16.8 Å². The van der Waals surface area contributed by atoms with Crippen molar-refractivity contribution in [3.05, 3.63) is 82.9 Å². The van der Waals surface area contributed by atoms with E-state index in [1.807, 2.05) is 0 Å². The van der Waals surface area contributed by atoms with E-state index in [1.54, 1.807) is 31.2 Å². The maximum atomic E-state index is 15.4. The molecule has 0 fully saturated rings. The summed E-state index contributed by atoms with van der Waals surface area (Å²) in [7, 11) is 1.38. The number of hydrogen-bond donors (Lipinski definition) is 2. The van der Waals surface area contributed by atoms with Gasteiger partial charge in [0.25, 0.3) is 5.91 Å². The van der Waals surface area contributed by atoms with E-state index in [2.05, 4.69) is 20.5 Å². The molecule has 0 bridgehead atoms. The summed E-state index contributed by atoms with van der Waals surface area (Å²) < 4.78 is 63.6. The van der Waals surface area contributed by atoms with Gasteiger partial charge in [0.15, 0.2) is 5.82 Å². The van der Waals surface area contributed by atoms with Crippen molar-refractivity contribution in [2.24, 2.45) is 0 Å². The molecule has 0 radical (unpaired) electrons. The van der Waals surface area contributed by atoms with Crippen LogP contribution < -0.4 is 10.1 Å². The molecule has 0 saturated heterocycles. The van der Waals surface area contributed by atoms with Crippen LogP contribution in [0.4, 0.5) is 17.6 Å². The van der Waals surface area contributed by atoms with Gasteiger partial charge in [0.2, 0.25) is 0 Å². The molecule has 1 atom stereocenters. The lowest BCUT2D eigenvalue weighted by atomic mass is 9.92. The van der Waals surface area contributed by atoms with Crippen molar-refractivity contribution in [1.29, 1.82) is 0 Å². The van der Waals surface area contributed by atoms with Crippen LogP contribution in [-0.2, 0) is 5.60 Å². The Morgan fingerprint density at radius 3 is 2.38 bits per heavy atom. The molecule has 0 aliphatic carbocycles. The molecule has 0 saturated carbocycles. The van der Waals surface area contributed by atoms with E-state index in [9.17, 15) is 23.1 Å². The minimum atomic E-state index is -4.85. The largest absolute Gasteiger partial charge is 0.494 e. The van der Waals surface area contributed by atoms with Gasteiger partial charge in [-0.05, 0) is 45.0 Å². The summed E-state index contributed by atoms with van der Waals surface area (Å²) in [5.41, 5.74) is -1.73. The molecule has 2 N–H and O–H groups in total. The highest BCUT2D eigenvalue weighted by atomic mass is 19.4. The zero-order chi connectivity index (χ0) is 28.5. The first-order valence-corrected chi connectivity index (χ1v) is 11.9. The Kier molecular flexibility index (Phi) is 7.56. The van der Waals surface area contributed by atoms with Gasteiger partial charge in [0.1, 0.15) is 22.9 Å². The third-order valence-corrected chi connectivity index (χ3v) is 6.16. The van der Waals surface area contributed by atoms with Gasteiger partial charge in [-0.1, -0.05) is 30.3 Å². The van der Waals surface area contributed by atoms with Crippen molar-refractivity contribution in [2.75, 3.05) is 13.7 Å². The molecule has 0 aliphatic rings. The Morgan fingerprint density at radius 2 is 1.77 bits per heavy atom. The van der Waals surface area contributed by atoms with E-state index < -0.39 is 41.7 Å². The summed E-state index contributed by atoms with van der Waals surface area (Å²) in [5.74, 6) is -3.77. The normalized spacial score (nSPS) is 12.8. The third-order valence-electron chi connectivity index (χ3n) is 6.16. The number of halogens is 4. The number of aromatic nitrogens is 3. The molecule has 4 rings (SSSR count). The second kappa shape index (κ2) is 10.6. The number of carbonyl (C=O) groups excluding carboxylic acids is 1. The Labute approximate surface area is 221 Å². The van der Waals surface area contributed by atoms with Crippen LogP contribution in [0.5, 0.6) is 5.75 Å². The highest BCUT2D eigenvalue weighted by Crippen LogP contribution is 2.38. The van der Waals surface area contributed by atoms with Crippen molar-refractivity contribution in [3.8, 4) is 17.0 Å². The summed E-state index contributed by atoms with van der Waals surface area (Å²) in [6, 6.07) is 13.3. The fourth-order valence-corrected chi connectivity index (χ4v) is 4.16. The van der Waals surface area contributed by atoms with E-state index in [0.717, 1.165) is 6.07 Å². The Balaban J connectivity index is 1.73. The zero-order valence-corrected chi connectivity index (χ0v) is 21.6. The highest BCUT2D eigenvalue weighted by Gasteiger charge is 2.43. The molecule has 39 heavy (non-hydrogen) atoms. The van der Waals surface area contributed by atoms with E-state index in [1.165, 1.54) is 45.2 Å². The van der Waals surface area contributed by atoms with Crippen LogP contribution in [0.2, 0.25) is 0 Å². The van der Waals surface area contributed by atoms with Crippen molar-refractivity contribution in [3.63, 3.8) is 0 Å². The maximum Gasteiger partial charge on any atom is 0.398 e. The number of methoxy groups -OCH3 is 1. The van der Waals surface area contributed by atoms with E-state index in [-0.39, 0.29) is 28.1 Å². The van der Waals surface area contributed by atoms with Gasteiger partial charge < -0.3 is 15.2 Å². The molecular formula is C28H26F4N4O3. The standard InChI is InChI=1S/C28H26F4N4O3/c1-15-10-17-11-18(12-22(39-4)24(17)36-35-15)26(37)33-14-20(28(30,31)32)21-13-19(27(2,3)38)23(29)25(34-21)16-8-6-5-7-9-16/h5-13,20,38H,14H2,1-4H3,(H,33,37). The molecule has 2 aromatic heterocycles. The number of rotatable bonds is 7. The molecule has 7 nitrogen and oxygen atoms in total. The summed E-state index contributed by atoms with van der Waals surface area (Å²) in [5, 5.41) is 21.4. The molecule has 2 aromatic carbocycles. The number of alkyl halides is 3. The number of pyridine rings is 1. The number of amides is 1. The highest BCUT2D eigenvalue weighted by molar-refractivity contribution is 5.99. The molecule has 204 valence electrons. The lowest BCUT2D eigenvalue weighted by Gasteiger charge is -2.25. The molecule has 1 amide bonds. The predicted molar refractivity (Wildman–Crippen MR) is 137 cm³/mol. The Hall–Kier alpha value is -4.12. The number of fused-ring (bicyclic) bond motifs is 1. The molecule has 0 aliphatic heterocycles. The van der Waals surface area contributed by atoms with Crippen molar-refractivity contribution in [1.82, 2.24) is 20.5 Å². The van der Waals surface area contributed by atoms with Gasteiger partial charge in [-0.2, -0.15) is 18.3 Å². The number of nitrogens with zero attached hydrogens (tertiary/aromatic N) is 3. The Morgan fingerprint density at radius 1 is 1.08 bits per heavy atom. The first-order valence-electron chi connectivity index (χ1n) is 11.9. The smallest absolute Gasteiger partial charge is 0.398 e. The van der Waals surface area contributed by atoms with Gasteiger partial charge >= 0.3 is 6.18 Å². The van der Waals surface area contributed by atoms with Gasteiger partial charge in [-0.15, -0.1) is 5.10 Å². The van der Waals surface area contributed by atoms with Crippen LogP contribution in [0, 0.1) is 12.7 Å². The zero-order valence-electron chi connectivity index (χ0n) is 21.6. The van der Waals surface area contributed by atoms with E-state index in [0.29, 0.717) is 16.6 Å². The Bertz CT molecular complexity index is 1520. The lowest BCUT2D eigenvalue weighted by molar-refractivity contribution is -0.149. The van der Waals surface area contributed by atoms with Crippen LogP contribution in [0.1, 0.15) is 47.1 Å². The molecule has 11 heteroatoms. The lowest BCUT2D eigenvalue weighted by Crippen LogP contribution is -2.36. The topological polar surface area (TPSA) is 97.2 Å².